The number of fused-ring (bicyclic) bond motifs is 8. The fraction of sp³-hybridized carbons (Fsp3) is 0.357. The van der Waals surface area contributed by atoms with Gasteiger partial charge in [-0.2, -0.15) is 76.7 Å². The van der Waals surface area contributed by atoms with Crippen molar-refractivity contribution in [2.24, 2.45) is 23.7 Å². The fourth-order valence-corrected chi connectivity index (χ4v) is 18.0. The van der Waals surface area contributed by atoms with E-state index in [0.717, 1.165) is 79.4 Å². The number of rotatable bonds is 16. The standard InChI is InChI=1S/C21H19F3N6O2.C21H18F3N5O2.C21H23N7O.C21H22N6O/c1-12-4-5-15(30-26-7-8-27-30)18(28-12)20(31)29-11-13-9-16(29)17(10-13)32-19-14(21(22,23)24)3-2-6-25-19;22-21(23,24)15-5-3-7-25-19(15)31-18-11-13-10-17(18)28(12-13)20(30)14-4-1-2-6-16(14)29-26-8-9-27-29;1-13-3-6-19(22-11-13)26-16-9-15-10-18(16)27(12-15)21(29)20-17(5-4-14(2)25-20)28-23-7-8-24-28;1-14-6-7-20(22-12-14)25-17-10-15-11-19(17)26(13-15)21(28)16-4-2-3-5-18(16)27-23-8-9-24-27/h2-8,13,16-17H,9-11H2,1H3;1-9,13,17-18H,10-12H2;3-8,11,15-16,18H,9-10,12H2,1-2H3,(H,22,26);2-9,12,15,17,19H,10-11,13H2,1H3,(H,22,25). The number of alkyl halides is 6. The van der Waals surface area contributed by atoms with E-state index in [2.05, 4.69) is 87.4 Å². The lowest BCUT2D eigenvalue weighted by atomic mass is 10.0. The number of carbonyl (C=O) groups excluding carboxylic acids is 4. The number of hydrogen-bond acceptors (Lipinski definition) is 22. The van der Waals surface area contributed by atoms with Crippen LogP contribution in [0.2, 0.25) is 0 Å². The first-order valence-corrected chi connectivity index (χ1v) is 39.6. The number of amides is 4. The highest BCUT2D eigenvalue weighted by molar-refractivity contribution is 6.00. The van der Waals surface area contributed by atoms with Crippen LogP contribution in [0.15, 0.2) is 196 Å². The van der Waals surface area contributed by atoms with Gasteiger partial charge < -0.3 is 39.7 Å². The minimum atomic E-state index is -4.58. The zero-order valence-corrected chi connectivity index (χ0v) is 65.4. The summed E-state index contributed by atoms with van der Waals surface area (Å²) in [4.78, 5) is 92.3. The maximum atomic E-state index is 13.5. The van der Waals surface area contributed by atoms with Crippen molar-refractivity contribution < 1.29 is 55.0 Å². The van der Waals surface area contributed by atoms with Crippen molar-refractivity contribution >= 4 is 35.3 Å². The molecular weight excluding hydrogens is 1560 g/mol. The van der Waals surface area contributed by atoms with Crippen molar-refractivity contribution in [3.8, 4) is 34.5 Å². The Morgan fingerprint density at radius 1 is 0.358 bits per heavy atom. The molecule has 12 atom stereocenters. The summed E-state index contributed by atoms with van der Waals surface area (Å²) in [6, 6.07) is 34.2. The molecule has 4 saturated carbocycles. The van der Waals surface area contributed by atoms with Crippen LogP contribution in [-0.2, 0) is 12.4 Å². The third kappa shape index (κ3) is 16.5. The first-order valence-electron chi connectivity index (χ1n) is 39.6. The van der Waals surface area contributed by atoms with Gasteiger partial charge in [-0.05, 0) is 199 Å². The third-order valence-electron chi connectivity index (χ3n) is 23.3. The van der Waals surface area contributed by atoms with Gasteiger partial charge in [-0.15, -0.1) is 9.59 Å². The van der Waals surface area contributed by atoms with E-state index in [-0.39, 0.29) is 77.4 Å². The van der Waals surface area contributed by atoms with Crippen LogP contribution in [-0.4, -0.2) is 208 Å². The number of nitrogens with zero attached hydrogens (tertiary/aromatic N) is 22. The van der Waals surface area contributed by atoms with E-state index in [1.165, 1.54) is 68.5 Å². The lowest BCUT2D eigenvalue weighted by molar-refractivity contribution is -0.140. The van der Waals surface area contributed by atoms with Crippen LogP contribution in [0.3, 0.4) is 0 Å². The Hall–Kier alpha value is -13.4. The smallest absolute Gasteiger partial charge is 0.421 e. The molecule has 4 aliphatic carbocycles. The van der Waals surface area contributed by atoms with Crippen molar-refractivity contribution in [2.45, 2.75) is 140 Å². The molecule has 2 aromatic carbocycles. The van der Waals surface area contributed by atoms with Crippen molar-refractivity contribution in [3.05, 3.63) is 252 Å². The quantitative estimate of drug-likeness (QED) is 0.0849. The summed E-state index contributed by atoms with van der Waals surface area (Å²) in [5, 5.41) is 40.2. The van der Waals surface area contributed by atoms with E-state index in [0.29, 0.717) is 95.9 Å². The Morgan fingerprint density at radius 3 is 1.06 bits per heavy atom. The van der Waals surface area contributed by atoms with Gasteiger partial charge in [0, 0.05) is 74.4 Å². The molecule has 616 valence electrons. The van der Waals surface area contributed by atoms with Crippen molar-refractivity contribution in [3.63, 3.8) is 0 Å². The summed E-state index contributed by atoms with van der Waals surface area (Å²) < 4.78 is 91.5. The number of ether oxygens (including phenoxy) is 2. The highest BCUT2D eigenvalue weighted by Gasteiger charge is 2.53. The van der Waals surface area contributed by atoms with Gasteiger partial charge in [0.1, 0.15) is 46.3 Å². The van der Waals surface area contributed by atoms with Crippen LogP contribution in [0.1, 0.15) is 127 Å². The Balaban J connectivity index is 0.000000114. The number of pyridine rings is 6. The largest absolute Gasteiger partial charge is 0.472 e. The average molecular weight is 1640 g/mol. The Morgan fingerprint density at radius 2 is 0.700 bits per heavy atom. The molecule has 120 heavy (non-hydrogen) atoms. The number of aryl methyl sites for hydroxylation is 4. The van der Waals surface area contributed by atoms with Crippen molar-refractivity contribution in [1.29, 1.82) is 0 Å². The molecule has 0 spiro atoms. The maximum Gasteiger partial charge on any atom is 0.421 e. The molecule has 4 amide bonds. The number of nitrogens with one attached hydrogen (secondary N) is 2. The van der Waals surface area contributed by atoms with Crippen LogP contribution < -0.4 is 20.1 Å². The fourth-order valence-electron chi connectivity index (χ4n) is 18.0. The van der Waals surface area contributed by atoms with E-state index in [9.17, 15) is 45.5 Å². The van der Waals surface area contributed by atoms with Crippen LogP contribution in [0.25, 0.3) is 22.7 Å². The summed E-state index contributed by atoms with van der Waals surface area (Å²) in [6.07, 6.45) is 15.2. The normalized spacial score (nSPS) is 22.8. The van der Waals surface area contributed by atoms with Gasteiger partial charge in [-0.1, -0.05) is 36.4 Å². The van der Waals surface area contributed by atoms with Crippen molar-refractivity contribution in [1.82, 2.24) is 109 Å². The molecule has 10 aromatic heterocycles. The number of benzene rings is 2. The molecule has 8 fully saturated rings. The average Bonchev–Trinajstić information content (AvgIpc) is 1.62. The zero-order chi connectivity index (χ0) is 83.1. The first-order chi connectivity index (χ1) is 58.0. The lowest BCUT2D eigenvalue weighted by Crippen LogP contribution is -2.48. The number of anilines is 2. The third-order valence-corrected chi connectivity index (χ3v) is 23.3. The van der Waals surface area contributed by atoms with Crippen LogP contribution >= 0.6 is 0 Å². The summed E-state index contributed by atoms with van der Waals surface area (Å²) >= 11 is 0. The molecule has 12 unspecified atom stereocenters. The maximum absolute atomic E-state index is 13.5. The molecule has 30 nitrogen and oxygen atoms in total. The first kappa shape index (κ1) is 79.0. The van der Waals surface area contributed by atoms with Crippen LogP contribution in [0.5, 0.6) is 11.8 Å². The molecule has 2 N–H and O–H groups in total. The van der Waals surface area contributed by atoms with Gasteiger partial charge >= 0.3 is 12.4 Å². The summed E-state index contributed by atoms with van der Waals surface area (Å²) in [7, 11) is 0. The summed E-state index contributed by atoms with van der Waals surface area (Å²) in [5.41, 5.74) is 5.86. The molecule has 8 aliphatic rings. The van der Waals surface area contributed by atoms with Gasteiger partial charge in [0.25, 0.3) is 23.6 Å². The van der Waals surface area contributed by atoms with E-state index < -0.39 is 47.4 Å². The molecule has 36 heteroatoms. The zero-order valence-electron chi connectivity index (χ0n) is 65.4. The van der Waals surface area contributed by atoms with Gasteiger partial charge in [-0.3, -0.25) is 19.2 Å². The monoisotopic (exact) mass is 1640 g/mol. The number of halogens is 6. The topological polar surface area (TPSA) is 324 Å². The lowest BCUT2D eigenvalue weighted by Gasteiger charge is -2.34. The van der Waals surface area contributed by atoms with Gasteiger partial charge in [0.2, 0.25) is 11.8 Å². The molecule has 4 saturated heterocycles. The SMILES string of the molecule is Cc1ccc(-n2nccn2)c(C(=O)N2CC3CC(Oc4ncccc4C(F)(F)F)C2C3)n1.Cc1ccc(NC2CC3CC2N(C(=O)c2ccccc2-n2nccn2)C3)nc1.Cc1ccc(NC2CC3CC2N(C(=O)c2nc(C)ccc2-n2nccn2)C3)nc1.O=C(c1ccccc1-n1nccn1)N1CC2CC(Oc3ncccc3C(F)(F)F)C1C2. The van der Waals surface area contributed by atoms with E-state index in [1.807, 2.05) is 97.6 Å². The predicted octanol–water partition coefficient (Wildman–Crippen LogP) is 11.5. The highest BCUT2D eigenvalue weighted by Crippen LogP contribution is 2.47. The second kappa shape index (κ2) is 33.2. The van der Waals surface area contributed by atoms with Crippen LogP contribution in [0.4, 0.5) is 38.0 Å². The number of para-hydroxylation sites is 2. The number of aromatic nitrogens is 18. The molecule has 20 rings (SSSR count). The molecule has 8 bridgehead atoms. The second-order valence-electron chi connectivity index (χ2n) is 31.4. The number of carbonyl (C=O) groups is 4. The number of likely N-dealkylation sites (tertiary alicyclic amines) is 4. The van der Waals surface area contributed by atoms with E-state index in [1.54, 1.807) is 77.9 Å². The number of hydrogen-bond donors (Lipinski definition) is 2. The number of piperidine rings is 4. The predicted molar refractivity (Wildman–Crippen MR) is 421 cm³/mol. The molecular formula is C84H82F6N24O6. The molecule has 4 aliphatic heterocycles. The second-order valence-corrected chi connectivity index (χ2v) is 31.4. The Labute approximate surface area is 683 Å². The van der Waals surface area contributed by atoms with Crippen molar-refractivity contribution in [2.75, 3.05) is 36.8 Å². The summed E-state index contributed by atoms with van der Waals surface area (Å²) in [5.74, 6) is 1.63. The Kier molecular flexibility index (Phi) is 21.8. The van der Waals surface area contributed by atoms with Gasteiger partial charge in [-0.25, -0.2) is 29.9 Å². The van der Waals surface area contributed by atoms with Gasteiger partial charge in [0.05, 0.1) is 96.2 Å². The minimum absolute atomic E-state index is 0.0452. The van der Waals surface area contributed by atoms with E-state index in [4.69, 9.17) is 9.47 Å². The molecule has 14 heterocycles. The molecule has 0 radical (unpaired) electrons. The highest BCUT2D eigenvalue weighted by atomic mass is 19.4. The minimum Gasteiger partial charge on any atom is -0.472 e. The summed E-state index contributed by atoms with van der Waals surface area (Å²) in [6.45, 7) is 10.3. The molecule has 12 aromatic rings. The van der Waals surface area contributed by atoms with E-state index >= 15 is 0 Å². The Bertz CT molecular complexity index is 5650. The van der Waals surface area contributed by atoms with Gasteiger partial charge in [0.15, 0.2) is 11.4 Å². The van der Waals surface area contributed by atoms with Crippen LogP contribution in [0, 0.1) is 51.4 Å².